The average Bonchev–Trinajstić information content (AvgIpc) is 2.66. The van der Waals surface area contributed by atoms with E-state index in [4.69, 9.17) is 21.1 Å². The number of benzene rings is 1. The number of aromatic nitrogens is 1. The van der Waals surface area contributed by atoms with Gasteiger partial charge in [0.15, 0.2) is 0 Å². The molecule has 0 aliphatic carbocycles. The van der Waals surface area contributed by atoms with Gasteiger partial charge in [-0.05, 0) is 23.8 Å². The summed E-state index contributed by atoms with van der Waals surface area (Å²) in [6.07, 6.45) is 2.52. The van der Waals surface area contributed by atoms with E-state index in [2.05, 4.69) is 22.1 Å². The summed E-state index contributed by atoms with van der Waals surface area (Å²) in [7, 11) is 0. The summed E-state index contributed by atoms with van der Waals surface area (Å²) in [5.74, 6) is 4.58. The van der Waals surface area contributed by atoms with Crippen LogP contribution in [0.25, 0.3) is 11.1 Å². The molecule has 0 bridgehead atoms. The van der Waals surface area contributed by atoms with Gasteiger partial charge in [-0.3, -0.25) is 9.59 Å². The summed E-state index contributed by atoms with van der Waals surface area (Å²) in [4.78, 5) is 28.9. The second-order valence-electron chi connectivity index (χ2n) is 5.32. The number of aliphatic hydroxyl groups excluding tert-OH is 1. The van der Waals surface area contributed by atoms with Gasteiger partial charge in [0.25, 0.3) is 5.91 Å². The molecule has 6 nitrogen and oxygen atoms in total. The van der Waals surface area contributed by atoms with Gasteiger partial charge in [0.05, 0.1) is 5.39 Å². The fourth-order valence-corrected chi connectivity index (χ4v) is 2.39. The largest absolute Gasteiger partial charge is 0.445 e. The second-order valence-corrected chi connectivity index (χ2v) is 5.76. The number of pyridine rings is 1. The van der Waals surface area contributed by atoms with Crippen LogP contribution in [0.3, 0.4) is 0 Å². The van der Waals surface area contributed by atoms with Gasteiger partial charge in [-0.1, -0.05) is 35.6 Å². The third-order valence-corrected chi connectivity index (χ3v) is 3.80. The predicted octanol–water partition coefficient (Wildman–Crippen LogP) is 2.12. The molecule has 0 unspecified atom stereocenters. The minimum absolute atomic E-state index is 0.110. The van der Waals surface area contributed by atoms with E-state index >= 15 is 0 Å². The van der Waals surface area contributed by atoms with E-state index in [1.54, 1.807) is 24.3 Å². The number of nitrogens with one attached hydrogen (secondary N) is 1. The summed E-state index contributed by atoms with van der Waals surface area (Å²) in [6, 6.07) is 8.47. The van der Waals surface area contributed by atoms with Crippen molar-refractivity contribution in [2.75, 3.05) is 6.61 Å². The molecule has 0 aliphatic rings. The molecule has 7 heteroatoms. The van der Waals surface area contributed by atoms with Crippen molar-refractivity contribution in [3.63, 3.8) is 0 Å². The number of fused-ring (bicyclic) bond motifs is 1. The number of hydrogen-bond acceptors (Lipinski definition) is 5. The topological polar surface area (TPSA) is 92.4 Å². The Balaban J connectivity index is 1.86. The lowest BCUT2D eigenvalue weighted by atomic mass is 10.1. The van der Waals surface area contributed by atoms with Gasteiger partial charge >= 0.3 is 0 Å². The van der Waals surface area contributed by atoms with Crippen molar-refractivity contribution in [1.29, 1.82) is 0 Å². The van der Waals surface area contributed by atoms with Crippen LogP contribution in [0, 0.1) is 11.8 Å². The highest BCUT2D eigenvalue weighted by molar-refractivity contribution is 6.30. The standard InChI is InChI=1S/C19H13ClN2O4/c20-14-5-3-12(4-6-14)9-21-18(25)16-11-26-19-15(17(16)24)8-13(10-22-19)2-1-7-23/h3-6,8,10-11,23H,7,9H2,(H,21,25). The van der Waals surface area contributed by atoms with Gasteiger partial charge in [-0.25, -0.2) is 4.98 Å². The first-order valence-corrected chi connectivity index (χ1v) is 8.00. The second kappa shape index (κ2) is 7.83. The molecule has 0 saturated heterocycles. The summed E-state index contributed by atoms with van der Waals surface area (Å²) >= 11 is 5.82. The van der Waals surface area contributed by atoms with E-state index in [-0.39, 0.29) is 29.8 Å². The number of nitrogens with zero attached hydrogens (tertiary/aromatic N) is 1. The van der Waals surface area contributed by atoms with Crippen LogP contribution in [-0.4, -0.2) is 22.6 Å². The normalized spacial score (nSPS) is 10.2. The van der Waals surface area contributed by atoms with Crippen molar-refractivity contribution in [2.24, 2.45) is 0 Å². The number of rotatable bonds is 3. The molecule has 1 aromatic carbocycles. The number of carbonyl (C=O) groups excluding carboxylic acids is 1. The molecule has 0 atom stereocenters. The third kappa shape index (κ3) is 3.91. The highest BCUT2D eigenvalue weighted by Crippen LogP contribution is 2.12. The molecule has 0 fully saturated rings. The van der Waals surface area contributed by atoms with Crippen molar-refractivity contribution in [2.45, 2.75) is 6.54 Å². The molecule has 2 aromatic heterocycles. The van der Waals surface area contributed by atoms with E-state index < -0.39 is 11.3 Å². The van der Waals surface area contributed by atoms with Crippen LogP contribution in [0.2, 0.25) is 5.02 Å². The van der Waals surface area contributed by atoms with Crippen LogP contribution < -0.4 is 10.7 Å². The Hall–Kier alpha value is -3.14. The molecule has 0 spiro atoms. The molecule has 3 aromatic rings. The Bertz CT molecular complexity index is 1080. The van der Waals surface area contributed by atoms with E-state index in [1.807, 2.05) is 0 Å². The fraction of sp³-hybridized carbons (Fsp3) is 0.105. The van der Waals surface area contributed by atoms with Crippen LogP contribution in [0.5, 0.6) is 0 Å². The zero-order chi connectivity index (χ0) is 18.5. The lowest BCUT2D eigenvalue weighted by Crippen LogP contribution is -2.28. The van der Waals surface area contributed by atoms with Crippen LogP contribution in [-0.2, 0) is 6.54 Å². The quantitative estimate of drug-likeness (QED) is 0.691. The van der Waals surface area contributed by atoms with Gasteiger partial charge in [-0.15, -0.1) is 0 Å². The maximum Gasteiger partial charge on any atom is 0.258 e. The predicted molar refractivity (Wildman–Crippen MR) is 96.9 cm³/mol. The van der Waals surface area contributed by atoms with Crippen LogP contribution in [0.4, 0.5) is 0 Å². The van der Waals surface area contributed by atoms with Crippen molar-refractivity contribution in [1.82, 2.24) is 10.3 Å². The minimum Gasteiger partial charge on any atom is -0.445 e. The van der Waals surface area contributed by atoms with Crippen molar-refractivity contribution >= 4 is 28.6 Å². The Morgan fingerprint density at radius 2 is 2.08 bits per heavy atom. The lowest BCUT2D eigenvalue weighted by molar-refractivity contribution is 0.0948. The first-order chi connectivity index (χ1) is 12.6. The Morgan fingerprint density at radius 1 is 1.31 bits per heavy atom. The van der Waals surface area contributed by atoms with Crippen molar-refractivity contribution in [3.8, 4) is 11.8 Å². The molecule has 0 radical (unpaired) electrons. The number of hydrogen-bond donors (Lipinski definition) is 2. The molecule has 2 heterocycles. The van der Waals surface area contributed by atoms with Gasteiger partial charge in [0.2, 0.25) is 11.1 Å². The van der Waals surface area contributed by atoms with Crippen LogP contribution in [0.1, 0.15) is 21.5 Å². The minimum atomic E-state index is -0.553. The number of amides is 1. The van der Waals surface area contributed by atoms with E-state index in [0.29, 0.717) is 10.6 Å². The van der Waals surface area contributed by atoms with Gasteiger partial charge in [-0.2, -0.15) is 0 Å². The molecule has 26 heavy (non-hydrogen) atoms. The van der Waals surface area contributed by atoms with Gasteiger partial charge in [0.1, 0.15) is 18.4 Å². The molecule has 130 valence electrons. The molecular weight excluding hydrogens is 356 g/mol. The van der Waals surface area contributed by atoms with Gasteiger partial charge < -0.3 is 14.8 Å². The Morgan fingerprint density at radius 3 is 2.81 bits per heavy atom. The summed E-state index contributed by atoms with van der Waals surface area (Å²) < 4.78 is 5.29. The average molecular weight is 369 g/mol. The van der Waals surface area contributed by atoms with Gasteiger partial charge in [0, 0.05) is 23.3 Å². The Labute approximate surface area is 153 Å². The summed E-state index contributed by atoms with van der Waals surface area (Å²) in [5.41, 5.74) is 0.771. The maximum atomic E-state index is 12.6. The van der Waals surface area contributed by atoms with Crippen molar-refractivity contribution in [3.05, 3.63) is 74.7 Å². The highest BCUT2D eigenvalue weighted by atomic mass is 35.5. The third-order valence-electron chi connectivity index (χ3n) is 3.55. The SMILES string of the molecule is O=C(NCc1ccc(Cl)cc1)c1coc2ncc(C#CCO)cc2c1=O. The number of halogens is 1. The first kappa shape index (κ1) is 17.7. The maximum absolute atomic E-state index is 12.6. The Kier molecular flexibility index (Phi) is 5.32. The molecule has 2 N–H and O–H groups in total. The zero-order valence-electron chi connectivity index (χ0n) is 13.5. The fourth-order valence-electron chi connectivity index (χ4n) is 2.27. The van der Waals surface area contributed by atoms with Crippen LogP contribution >= 0.6 is 11.6 Å². The van der Waals surface area contributed by atoms with Crippen LogP contribution in [0.15, 0.2) is 52.0 Å². The molecule has 0 aliphatic heterocycles. The molecule has 0 saturated carbocycles. The highest BCUT2D eigenvalue weighted by Gasteiger charge is 2.15. The lowest BCUT2D eigenvalue weighted by Gasteiger charge is -2.05. The van der Waals surface area contributed by atoms with Crippen molar-refractivity contribution < 1.29 is 14.3 Å². The summed E-state index contributed by atoms with van der Waals surface area (Å²) in [5, 5.41) is 12.2. The monoisotopic (exact) mass is 368 g/mol. The van der Waals surface area contributed by atoms with E-state index in [0.717, 1.165) is 11.8 Å². The summed E-state index contributed by atoms with van der Waals surface area (Å²) in [6.45, 7) is -0.0620. The molecule has 3 rings (SSSR count). The zero-order valence-corrected chi connectivity index (χ0v) is 14.2. The number of carbonyl (C=O) groups is 1. The first-order valence-electron chi connectivity index (χ1n) is 7.62. The van der Waals surface area contributed by atoms with E-state index in [1.165, 1.54) is 12.3 Å². The smallest absolute Gasteiger partial charge is 0.258 e. The van der Waals surface area contributed by atoms with E-state index in [9.17, 15) is 9.59 Å². The molecule has 1 amide bonds. The molecular formula is C19H13ClN2O4. The number of aliphatic hydroxyl groups is 1.